The average Bonchev–Trinajstić information content (AvgIpc) is 2.90. The molecule has 2 rings (SSSR count). The standard InChI is InChI=1S/C14H18N2O4/c1-2-20-14(19)12-4-3-7-16(12)13(18)10-8-9(17)5-6-11(10)15/h5-6,8,12,17H,2-4,7,15H2,1H3. The number of rotatable bonds is 3. The van der Waals surface area contributed by atoms with E-state index in [1.165, 1.54) is 23.1 Å². The molecule has 108 valence electrons. The van der Waals surface area contributed by atoms with Crippen LogP contribution in [0.5, 0.6) is 5.75 Å². The molecule has 1 fully saturated rings. The minimum absolute atomic E-state index is 0.0329. The maximum atomic E-state index is 12.5. The Hall–Kier alpha value is -2.24. The zero-order valence-corrected chi connectivity index (χ0v) is 11.3. The molecular weight excluding hydrogens is 260 g/mol. The minimum atomic E-state index is -0.566. The third-order valence-electron chi connectivity index (χ3n) is 3.34. The number of nitrogens with two attached hydrogens (primary N) is 1. The molecule has 6 nitrogen and oxygen atoms in total. The predicted molar refractivity (Wildman–Crippen MR) is 73.2 cm³/mol. The van der Waals surface area contributed by atoms with Gasteiger partial charge in [0.1, 0.15) is 11.8 Å². The second-order valence-corrected chi connectivity index (χ2v) is 4.68. The van der Waals surface area contributed by atoms with Crippen LogP contribution in [0.15, 0.2) is 18.2 Å². The van der Waals surface area contributed by atoms with E-state index in [2.05, 4.69) is 0 Å². The Bertz CT molecular complexity index is 530. The van der Waals surface area contributed by atoms with E-state index < -0.39 is 12.0 Å². The highest BCUT2D eigenvalue weighted by Crippen LogP contribution is 2.25. The molecule has 0 spiro atoms. The van der Waals surface area contributed by atoms with E-state index in [9.17, 15) is 14.7 Å². The van der Waals surface area contributed by atoms with E-state index in [0.29, 0.717) is 13.0 Å². The predicted octanol–water partition coefficient (Wildman–Crippen LogP) is 1.14. The fourth-order valence-corrected chi connectivity index (χ4v) is 2.38. The van der Waals surface area contributed by atoms with E-state index in [1.807, 2.05) is 0 Å². The van der Waals surface area contributed by atoms with Crippen LogP contribution in [0.25, 0.3) is 0 Å². The summed E-state index contributed by atoms with van der Waals surface area (Å²) in [7, 11) is 0. The minimum Gasteiger partial charge on any atom is -0.508 e. The molecule has 0 aromatic heterocycles. The van der Waals surface area contributed by atoms with E-state index in [4.69, 9.17) is 10.5 Å². The molecule has 0 radical (unpaired) electrons. The third-order valence-corrected chi connectivity index (χ3v) is 3.34. The van der Waals surface area contributed by atoms with Crippen molar-refractivity contribution < 1.29 is 19.4 Å². The topological polar surface area (TPSA) is 92.9 Å². The van der Waals surface area contributed by atoms with Crippen LogP contribution in [-0.4, -0.2) is 41.1 Å². The molecule has 0 bridgehead atoms. The number of carbonyl (C=O) groups excluding carboxylic acids is 2. The second-order valence-electron chi connectivity index (χ2n) is 4.68. The van der Waals surface area contributed by atoms with Crippen molar-refractivity contribution in [3.63, 3.8) is 0 Å². The van der Waals surface area contributed by atoms with Crippen LogP contribution in [0.1, 0.15) is 30.1 Å². The van der Waals surface area contributed by atoms with Gasteiger partial charge in [-0.25, -0.2) is 4.79 Å². The molecule has 1 amide bonds. The zero-order valence-electron chi connectivity index (χ0n) is 11.3. The first kappa shape index (κ1) is 14.2. The zero-order chi connectivity index (χ0) is 14.7. The van der Waals surface area contributed by atoms with E-state index in [-0.39, 0.29) is 29.5 Å². The fraction of sp³-hybridized carbons (Fsp3) is 0.429. The number of hydrogen-bond donors (Lipinski definition) is 2. The Balaban J connectivity index is 2.23. The van der Waals surface area contributed by atoms with Gasteiger partial charge in [-0.2, -0.15) is 0 Å². The lowest BCUT2D eigenvalue weighted by Crippen LogP contribution is -2.41. The first-order chi connectivity index (χ1) is 9.54. The van der Waals surface area contributed by atoms with Crippen LogP contribution in [0.3, 0.4) is 0 Å². The normalized spacial score (nSPS) is 18.1. The molecule has 1 aliphatic heterocycles. The van der Waals surface area contributed by atoms with E-state index >= 15 is 0 Å². The summed E-state index contributed by atoms with van der Waals surface area (Å²) in [4.78, 5) is 25.8. The molecule has 1 heterocycles. The quantitative estimate of drug-likeness (QED) is 0.491. The molecule has 0 saturated carbocycles. The number of carbonyl (C=O) groups is 2. The summed E-state index contributed by atoms with van der Waals surface area (Å²) in [5.41, 5.74) is 6.25. The van der Waals surface area contributed by atoms with Crippen LogP contribution < -0.4 is 5.73 Å². The molecule has 1 aromatic rings. The summed E-state index contributed by atoms with van der Waals surface area (Å²) in [5, 5.41) is 9.47. The Morgan fingerprint density at radius 3 is 2.95 bits per heavy atom. The van der Waals surface area contributed by atoms with Gasteiger partial charge in [0.25, 0.3) is 5.91 Å². The number of esters is 1. The summed E-state index contributed by atoms with van der Waals surface area (Å²) in [6.07, 6.45) is 1.33. The number of phenolic OH excluding ortho intramolecular Hbond substituents is 1. The SMILES string of the molecule is CCOC(=O)C1CCCN1C(=O)c1cc(O)ccc1N. The van der Waals surface area contributed by atoms with Crippen LogP contribution in [0.4, 0.5) is 5.69 Å². The van der Waals surface area contributed by atoms with Gasteiger partial charge in [-0.3, -0.25) is 4.79 Å². The van der Waals surface area contributed by atoms with Crippen LogP contribution in [-0.2, 0) is 9.53 Å². The maximum Gasteiger partial charge on any atom is 0.328 e. The van der Waals surface area contributed by atoms with Crippen LogP contribution in [0.2, 0.25) is 0 Å². The highest BCUT2D eigenvalue weighted by molar-refractivity contribution is 6.01. The van der Waals surface area contributed by atoms with Gasteiger partial charge in [0.15, 0.2) is 0 Å². The molecule has 6 heteroatoms. The van der Waals surface area contributed by atoms with Gasteiger partial charge in [0.05, 0.1) is 12.2 Å². The number of amides is 1. The van der Waals surface area contributed by atoms with Gasteiger partial charge in [0.2, 0.25) is 0 Å². The lowest BCUT2D eigenvalue weighted by Gasteiger charge is -2.23. The van der Waals surface area contributed by atoms with Gasteiger partial charge in [0, 0.05) is 12.2 Å². The number of hydrogen-bond acceptors (Lipinski definition) is 5. The molecule has 1 atom stereocenters. The number of phenols is 1. The molecule has 20 heavy (non-hydrogen) atoms. The number of aromatic hydroxyl groups is 1. The van der Waals surface area contributed by atoms with E-state index in [1.54, 1.807) is 6.92 Å². The van der Waals surface area contributed by atoms with Crippen molar-refractivity contribution in [2.45, 2.75) is 25.8 Å². The van der Waals surface area contributed by atoms with Crippen LogP contribution in [0, 0.1) is 0 Å². The number of ether oxygens (including phenoxy) is 1. The summed E-state index contributed by atoms with van der Waals surface area (Å²) < 4.78 is 4.98. The number of nitrogens with zero attached hydrogens (tertiary/aromatic N) is 1. The number of benzene rings is 1. The fourth-order valence-electron chi connectivity index (χ4n) is 2.38. The number of anilines is 1. The van der Waals surface area contributed by atoms with Crippen LogP contribution >= 0.6 is 0 Å². The molecule has 1 aliphatic rings. The van der Waals surface area contributed by atoms with Gasteiger partial charge in [-0.1, -0.05) is 0 Å². The Morgan fingerprint density at radius 2 is 2.25 bits per heavy atom. The van der Waals surface area contributed by atoms with Crippen molar-refractivity contribution in [1.82, 2.24) is 4.90 Å². The van der Waals surface area contributed by atoms with E-state index in [0.717, 1.165) is 6.42 Å². The number of likely N-dealkylation sites (tertiary alicyclic amines) is 1. The van der Waals surface area contributed by atoms with Gasteiger partial charge >= 0.3 is 5.97 Å². The lowest BCUT2D eigenvalue weighted by molar-refractivity contribution is -0.147. The Labute approximate surface area is 117 Å². The largest absolute Gasteiger partial charge is 0.508 e. The summed E-state index contributed by atoms with van der Waals surface area (Å²) >= 11 is 0. The van der Waals surface area contributed by atoms with Gasteiger partial charge < -0.3 is 20.5 Å². The Morgan fingerprint density at radius 1 is 1.50 bits per heavy atom. The molecule has 1 aromatic carbocycles. The Kier molecular flexibility index (Phi) is 4.12. The van der Waals surface area contributed by atoms with Crippen molar-refractivity contribution in [3.05, 3.63) is 23.8 Å². The van der Waals surface area contributed by atoms with Crippen molar-refractivity contribution in [3.8, 4) is 5.75 Å². The molecule has 1 unspecified atom stereocenters. The monoisotopic (exact) mass is 278 g/mol. The van der Waals surface area contributed by atoms with Crippen molar-refractivity contribution in [1.29, 1.82) is 0 Å². The van der Waals surface area contributed by atoms with Crippen molar-refractivity contribution in [2.24, 2.45) is 0 Å². The molecule has 3 N–H and O–H groups in total. The summed E-state index contributed by atoms with van der Waals surface area (Å²) in [6.45, 7) is 2.50. The highest BCUT2D eigenvalue weighted by Gasteiger charge is 2.36. The second kappa shape index (κ2) is 5.81. The first-order valence-electron chi connectivity index (χ1n) is 6.60. The molecule has 1 saturated heterocycles. The number of nitrogen functional groups attached to an aromatic ring is 1. The summed E-state index contributed by atoms with van der Waals surface area (Å²) in [5.74, 6) is -0.777. The highest BCUT2D eigenvalue weighted by atomic mass is 16.5. The van der Waals surface area contributed by atoms with Crippen molar-refractivity contribution in [2.75, 3.05) is 18.9 Å². The third kappa shape index (κ3) is 2.68. The molecule has 0 aliphatic carbocycles. The maximum absolute atomic E-state index is 12.5. The first-order valence-corrected chi connectivity index (χ1v) is 6.60. The molecular formula is C14H18N2O4. The average molecular weight is 278 g/mol. The van der Waals surface area contributed by atoms with Gasteiger partial charge in [-0.05, 0) is 38.0 Å². The van der Waals surface area contributed by atoms with Gasteiger partial charge in [-0.15, -0.1) is 0 Å². The lowest BCUT2D eigenvalue weighted by atomic mass is 10.1. The summed E-state index contributed by atoms with van der Waals surface area (Å²) in [6, 6.07) is 3.64. The smallest absolute Gasteiger partial charge is 0.328 e. The van der Waals surface area contributed by atoms with Crippen molar-refractivity contribution >= 4 is 17.6 Å².